The summed E-state index contributed by atoms with van der Waals surface area (Å²) in [4.78, 5) is 15.7. The summed E-state index contributed by atoms with van der Waals surface area (Å²) in [5.74, 6) is 1.01. The molecule has 0 spiro atoms. The Bertz CT molecular complexity index is 563. The van der Waals surface area contributed by atoms with E-state index < -0.39 is 0 Å². The van der Waals surface area contributed by atoms with Crippen LogP contribution in [0.5, 0.6) is 0 Å². The Labute approximate surface area is 150 Å². The smallest absolute Gasteiger partial charge is 0.232 e. The molecule has 0 aromatic heterocycles. The van der Waals surface area contributed by atoms with Gasteiger partial charge in [-0.3, -0.25) is 4.79 Å². The van der Waals surface area contributed by atoms with Crippen LogP contribution in [0.1, 0.15) is 18.4 Å². The molecule has 0 aliphatic carbocycles. The van der Waals surface area contributed by atoms with Crippen LogP contribution >= 0.6 is 27.7 Å². The lowest BCUT2D eigenvalue weighted by atomic mass is 9.97. The lowest BCUT2D eigenvalue weighted by Gasteiger charge is -2.34. The summed E-state index contributed by atoms with van der Waals surface area (Å²) in [5, 5.41) is 0. The van der Waals surface area contributed by atoms with Crippen LogP contribution in [0.3, 0.4) is 0 Å². The predicted octanol–water partition coefficient (Wildman–Crippen LogP) is 3.46. The Balaban J connectivity index is 1.53. The normalized spacial score (nSPS) is 22.5. The van der Waals surface area contributed by atoms with Gasteiger partial charge in [-0.2, -0.15) is 0 Å². The summed E-state index contributed by atoms with van der Waals surface area (Å²) >= 11 is 5.09. The van der Waals surface area contributed by atoms with Crippen LogP contribution in [0, 0.1) is 12.8 Å². The minimum Gasteiger partial charge on any atom is -0.350 e. The second-order valence-corrected chi connectivity index (χ2v) is 7.98. The molecule has 2 heterocycles. The van der Waals surface area contributed by atoms with Crippen LogP contribution in [0.2, 0.25) is 0 Å². The highest BCUT2D eigenvalue weighted by Crippen LogP contribution is 2.28. The van der Waals surface area contributed by atoms with E-state index >= 15 is 0 Å². The Morgan fingerprint density at radius 2 is 2.17 bits per heavy atom. The molecule has 3 rings (SSSR count). The average molecular weight is 400 g/mol. The van der Waals surface area contributed by atoms with Crippen LogP contribution in [0.4, 0.5) is 0 Å². The first-order valence-corrected chi connectivity index (χ1v) is 9.81. The van der Waals surface area contributed by atoms with E-state index in [1.165, 1.54) is 5.56 Å². The van der Waals surface area contributed by atoms with Crippen LogP contribution in [0.25, 0.3) is 0 Å². The summed E-state index contributed by atoms with van der Waals surface area (Å²) in [6.45, 7) is 5.02. The van der Waals surface area contributed by atoms with Crippen molar-refractivity contribution in [2.75, 3.05) is 32.1 Å². The van der Waals surface area contributed by atoms with Gasteiger partial charge in [0.1, 0.15) is 0 Å². The number of nitrogens with zero attached hydrogens (tertiary/aromatic N) is 1. The van der Waals surface area contributed by atoms with Crippen molar-refractivity contribution in [2.45, 2.75) is 31.0 Å². The maximum absolute atomic E-state index is 12.5. The number of ether oxygens (including phenoxy) is 2. The van der Waals surface area contributed by atoms with Crippen molar-refractivity contribution in [3.8, 4) is 0 Å². The fraction of sp³-hybridized carbons (Fsp3) is 0.588. The number of thioether (sulfide) groups is 1. The van der Waals surface area contributed by atoms with Gasteiger partial charge in [0.25, 0.3) is 0 Å². The molecule has 4 nitrogen and oxygen atoms in total. The topological polar surface area (TPSA) is 38.8 Å². The second-order valence-electron chi connectivity index (χ2n) is 6.05. The predicted molar refractivity (Wildman–Crippen MR) is 94.6 cm³/mol. The van der Waals surface area contributed by atoms with Crippen LogP contribution in [-0.2, 0) is 14.3 Å². The summed E-state index contributed by atoms with van der Waals surface area (Å²) in [6, 6.07) is 6.17. The first kappa shape index (κ1) is 17.3. The molecule has 1 aromatic carbocycles. The summed E-state index contributed by atoms with van der Waals surface area (Å²) in [5.41, 5.74) is 1.20. The van der Waals surface area contributed by atoms with E-state index in [0.717, 1.165) is 35.3 Å². The Morgan fingerprint density at radius 1 is 1.39 bits per heavy atom. The molecule has 2 aliphatic heterocycles. The molecule has 0 saturated carbocycles. The molecule has 2 saturated heterocycles. The highest BCUT2D eigenvalue weighted by Gasteiger charge is 2.32. The zero-order valence-electron chi connectivity index (χ0n) is 13.3. The lowest BCUT2D eigenvalue weighted by molar-refractivity contribution is -0.136. The first-order chi connectivity index (χ1) is 11.1. The average Bonchev–Trinajstić information content (AvgIpc) is 3.08. The fourth-order valence-corrected chi connectivity index (χ4v) is 4.50. The van der Waals surface area contributed by atoms with Crippen molar-refractivity contribution in [1.82, 2.24) is 4.90 Å². The van der Waals surface area contributed by atoms with Gasteiger partial charge in [0.15, 0.2) is 6.29 Å². The quantitative estimate of drug-likeness (QED) is 0.726. The molecule has 2 aliphatic rings. The number of rotatable bonds is 4. The van der Waals surface area contributed by atoms with Crippen molar-refractivity contribution in [2.24, 2.45) is 5.92 Å². The highest BCUT2D eigenvalue weighted by atomic mass is 79.9. The second kappa shape index (κ2) is 8.01. The molecule has 1 atom stereocenters. The first-order valence-electron chi connectivity index (χ1n) is 8.03. The van der Waals surface area contributed by atoms with E-state index in [-0.39, 0.29) is 12.2 Å². The fourth-order valence-electron chi connectivity index (χ4n) is 3.11. The minimum absolute atomic E-state index is 0.119. The van der Waals surface area contributed by atoms with E-state index in [0.29, 0.717) is 24.9 Å². The van der Waals surface area contributed by atoms with Crippen LogP contribution in [0.15, 0.2) is 27.6 Å². The minimum atomic E-state index is -0.119. The molecule has 0 N–H and O–H groups in total. The van der Waals surface area contributed by atoms with Gasteiger partial charge in [-0.05, 0) is 43.5 Å². The van der Waals surface area contributed by atoms with Gasteiger partial charge in [0.2, 0.25) is 5.91 Å². The number of carbonyl (C=O) groups is 1. The third kappa shape index (κ3) is 4.50. The van der Waals surface area contributed by atoms with Gasteiger partial charge in [-0.15, -0.1) is 11.8 Å². The van der Waals surface area contributed by atoms with Crippen molar-refractivity contribution < 1.29 is 14.3 Å². The molecule has 1 aromatic rings. The molecule has 0 radical (unpaired) electrons. The van der Waals surface area contributed by atoms with Crippen molar-refractivity contribution >= 4 is 33.6 Å². The monoisotopic (exact) mass is 399 g/mol. The Hall–Kier alpha value is -0.560. The van der Waals surface area contributed by atoms with Gasteiger partial charge in [0.05, 0.1) is 19.0 Å². The van der Waals surface area contributed by atoms with Gasteiger partial charge in [-0.1, -0.05) is 15.9 Å². The number of hydrogen-bond acceptors (Lipinski definition) is 4. The van der Waals surface area contributed by atoms with Gasteiger partial charge in [-0.25, -0.2) is 0 Å². The van der Waals surface area contributed by atoms with E-state index in [1.54, 1.807) is 11.8 Å². The van der Waals surface area contributed by atoms with E-state index in [2.05, 4.69) is 35.0 Å². The van der Waals surface area contributed by atoms with Crippen molar-refractivity contribution in [3.05, 3.63) is 28.2 Å². The number of hydrogen-bond donors (Lipinski definition) is 0. The summed E-state index contributed by atoms with van der Waals surface area (Å²) < 4.78 is 12.3. The SMILES string of the molecule is Cc1cc(Br)ccc1SCC(=O)N1CCCC(C2OCCO2)C1. The third-order valence-electron chi connectivity index (χ3n) is 4.33. The molecule has 1 amide bonds. The maximum atomic E-state index is 12.5. The zero-order chi connectivity index (χ0) is 16.2. The molecule has 0 bridgehead atoms. The molecule has 23 heavy (non-hydrogen) atoms. The Kier molecular flexibility index (Phi) is 6.01. The summed E-state index contributed by atoms with van der Waals surface area (Å²) in [6.07, 6.45) is 1.99. The van der Waals surface area contributed by atoms with E-state index in [1.807, 2.05) is 11.0 Å². The number of likely N-dealkylation sites (tertiary alicyclic amines) is 1. The molecular formula is C17H22BrNO3S. The van der Waals surface area contributed by atoms with Gasteiger partial charge < -0.3 is 14.4 Å². The lowest BCUT2D eigenvalue weighted by Crippen LogP contribution is -2.44. The maximum Gasteiger partial charge on any atom is 0.232 e. The number of benzene rings is 1. The molecule has 6 heteroatoms. The number of amides is 1. The molecule has 126 valence electrons. The van der Waals surface area contributed by atoms with Crippen molar-refractivity contribution in [1.29, 1.82) is 0 Å². The highest BCUT2D eigenvalue weighted by molar-refractivity contribution is 9.10. The van der Waals surface area contributed by atoms with Gasteiger partial charge in [0, 0.05) is 28.4 Å². The number of carbonyl (C=O) groups excluding carboxylic acids is 1. The largest absolute Gasteiger partial charge is 0.350 e. The van der Waals surface area contributed by atoms with E-state index in [4.69, 9.17) is 9.47 Å². The van der Waals surface area contributed by atoms with Gasteiger partial charge >= 0.3 is 0 Å². The number of piperidine rings is 1. The zero-order valence-corrected chi connectivity index (χ0v) is 15.7. The molecule has 2 fully saturated rings. The number of aryl methyl sites for hydroxylation is 1. The van der Waals surface area contributed by atoms with Crippen LogP contribution in [-0.4, -0.2) is 49.2 Å². The number of halogens is 1. The molecule has 1 unspecified atom stereocenters. The van der Waals surface area contributed by atoms with E-state index in [9.17, 15) is 4.79 Å². The standard InChI is InChI=1S/C17H22BrNO3S/c1-12-9-14(18)4-5-15(12)23-11-16(20)19-6-2-3-13(10-19)17-21-7-8-22-17/h4-5,9,13,17H,2-3,6-8,10-11H2,1H3. The Morgan fingerprint density at radius 3 is 2.91 bits per heavy atom. The van der Waals surface area contributed by atoms with Crippen molar-refractivity contribution in [3.63, 3.8) is 0 Å². The van der Waals surface area contributed by atoms with Crippen LogP contribution < -0.4 is 0 Å². The molecular weight excluding hydrogens is 378 g/mol. The third-order valence-corrected chi connectivity index (χ3v) is 5.98. The summed E-state index contributed by atoms with van der Waals surface area (Å²) in [7, 11) is 0.